The van der Waals surface area contributed by atoms with Gasteiger partial charge in [0, 0.05) is 24.1 Å². The number of fused-ring (bicyclic) bond motifs is 1. The van der Waals surface area contributed by atoms with Crippen molar-refractivity contribution >= 4 is 29.1 Å². The van der Waals surface area contributed by atoms with Crippen LogP contribution >= 0.6 is 0 Å². The van der Waals surface area contributed by atoms with Gasteiger partial charge < -0.3 is 15.0 Å². The van der Waals surface area contributed by atoms with Crippen LogP contribution in [0, 0.1) is 5.53 Å². The molecule has 0 aliphatic carbocycles. The number of piperidine rings is 1. The van der Waals surface area contributed by atoms with Gasteiger partial charge in [-0.3, -0.25) is 19.7 Å². The molecule has 1 saturated heterocycles. The lowest BCUT2D eigenvalue weighted by Crippen LogP contribution is -2.52. The molecule has 1 unspecified atom stereocenters. The first-order chi connectivity index (χ1) is 17.5. The summed E-state index contributed by atoms with van der Waals surface area (Å²) < 4.78 is 6.08. The van der Waals surface area contributed by atoms with Crippen molar-refractivity contribution in [3.63, 3.8) is 0 Å². The lowest BCUT2D eigenvalue weighted by Gasteiger charge is -2.29. The van der Waals surface area contributed by atoms with E-state index < -0.39 is 11.9 Å². The highest BCUT2D eigenvalue weighted by atomic mass is 16.5. The van der Waals surface area contributed by atoms with E-state index in [1.807, 2.05) is 48.5 Å². The average molecular weight is 484 g/mol. The van der Waals surface area contributed by atoms with Crippen LogP contribution in [0.15, 0.2) is 71.8 Å². The lowest BCUT2D eigenvalue weighted by molar-refractivity contribution is -0.136. The van der Waals surface area contributed by atoms with Crippen molar-refractivity contribution in [2.45, 2.75) is 38.6 Å². The molecule has 0 spiro atoms. The number of ether oxygens (including phenoxy) is 1. The summed E-state index contributed by atoms with van der Waals surface area (Å²) in [6.07, 6.45) is 0.544. The van der Waals surface area contributed by atoms with Crippen molar-refractivity contribution in [1.82, 2.24) is 10.2 Å². The zero-order chi connectivity index (χ0) is 25.1. The molecular formula is C27H25N5O4. The van der Waals surface area contributed by atoms with E-state index in [0.29, 0.717) is 36.6 Å². The first kappa shape index (κ1) is 23.2. The standard InChI is InChI=1S/C27H25N5O4/c28-31-22-6-2-1-5-21(22)29-14-17-8-10-18(11-9-17)16-36-24-7-3-4-19-20(24)15-32(27(19)35)23-12-13-25(33)30-26(23)34/h1-11,23,28-29H,12-16H2,(H,30,33,34). The smallest absolute Gasteiger partial charge is 0.255 e. The third kappa shape index (κ3) is 4.68. The van der Waals surface area contributed by atoms with Crippen LogP contribution in [-0.4, -0.2) is 28.7 Å². The highest BCUT2D eigenvalue weighted by Crippen LogP contribution is 2.34. The Morgan fingerprint density at radius 1 is 1.00 bits per heavy atom. The number of amides is 3. The molecule has 0 radical (unpaired) electrons. The molecule has 1 fully saturated rings. The van der Waals surface area contributed by atoms with E-state index in [1.54, 1.807) is 18.2 Å². The maximum atomic E-state index is 13.0. The van der Waals surface area contributed by atoms with Crippen LogP contribution < -0.4 is 15.4 Å². The summed E-state index contributed by atoms with van der Waals surface area (Å²) in [7, 11) is 0. The number of para-hydroxylation sites is 2. The lowest BCUT2D eigenvalue weighted by atomic mass is 10.0. The second-order valence-corrected chi connectivity index (χ2v) is 8.77. The minimum absolute atomic E-state index is 0.220. The molecule has 2 aliphatic rings. The second kappa shape index (κ2) is 9.99. The predicted molar refractivity (Wildman–Crippen MR) is 132 cm³/mol. The van der Waals surface area contributed by atoms with E-state index in [9.17, 15) is 14.4 Å². The van der Waals surface area contributed by atoms with Crippen LogP contribution in [0.5, 0.6) is 5.75 Å². The van der Waals surface area contributed by atoms with Gasteiger partial charge in [-0.05, 0) is 41.8 Å². The van der Waals surface area contributed by atoms with Crippen LogP contribution in [0.1, 0.15) is 39.9 Å². The number of imide groups is 1. The zero-order valence-corrected chi connectivity index (χ0v) is 19.5. The van der Waals surface area contributed by atoms with Gasteiger partial charge in [0.2, 0.25) is 11.8 Å². The molecule has 5 rings (SSSR count). The fourth-order valence-corrected chi connectivity index (χ4v) is 4.52. The van der Waals surface area contributed by atoms with Gasteiger partial charge in [-0.2, -0.15) is 5.11 Å². The van der Waals surface area contributed by atoms with E-state index in [4.69, 9.17) is 10.3 Å². The highest BCUT2D eigenvalue weighted by Gasteiger charge is 2.40. The summed E-state index contributed by atoms with van der Waals surface area (Å²) in [5.41, 5.74) is 12.0. The van der Waals surface area contributed by atoms with Crippen molar-refractivity contribution in [3.8, 4) is 5.75 Å². The number of hydrogen-bond donors (Lipinski definition) is 3. The van der Waals surface area contributed by atoms with Crippen molar-refractivity contribution in [2.75, 3.05) is 5.32 Å². The van der Waals surface area contributed by atoms with Crippen molar-refractivity contribution < 1.29 is 19.1 Å². The topological polar surface area (TPSA) is 124 Å². The summed E-state index contributed by atoms with van der Waals surface area (Å²) in [5, 5.41) is 9.15. The van der Waals surface area contributed by atoms with Crippen molar-refractivity contribution in [3.05, 3.63) is 89.0 Å². The van der Waals surface area contributed by atoms with Crippen molar-refractivity contribution in [1.29, 1.82) is 5.53 Å². The molecular weight excluding hydrogens is 458 g/mol. The minimum Gasteiger partial charge on any atom is -0.489 e. The number of nitrogens with one attached hydrogen (secondary N) is 3. The number of hydrogen-bond acceptors (Lipinski definition) is 7. The molecule has 3 N–H and O–H groups in total. The largest absolute Gasteiger partial charge is 0.489 e. The van der Waals surface area contributed by atoms with E-state index in [-0.39, 0.29) is 24.8 Å². The van der Waals surface area contributed by atoms with E-state index in [0.717, 1.165) is 22.4 Å². The van der Waals surface area contributed by atoms with Crippen LogP contribution in [0.3, 0.4) is 0 Å². The highest BCUT2D eigenvalue weighted by molar-refractivity contribution is 6.05. The Hall–Kier alpha value is -4.53. The van der Waals surface area contributed by atoms with Crippen LogP contribution in [-0.2, 0) is 29.3 Å². The normalized spacial score (nSPS) is 16.9. The van der Waals surface area contributed by atoms with Gasteiger partial charge in [0.1, 0.15) is 24.1 Å². The van der Waals surface area contributed by atoms with Crippen LogP contribution in [0.4, 0.5) is 11.4 Å². The van der Waals surface area contributed by atoms with Gasteiger partial charge in [0.15, 0.2) is 0 Å². The molecule has 3 aromatic rings. The summed E-state index contributed by atoms with van der Waals surface area (Å²) in [4.78, 5) is 38.3. The molecule has 0 saturated carbocycles. The van der Waals surface area contributed by atoms with Crippen LogP contribution in [0.25, 0.3) is 0 Å². The SMILES string of the molecule is N=Nc1ccccc1NCc1ccc(COc2cccc3c2CN(C2CCC(=O)NC2=O)C3=O)cc1. The Labute approximate surface area is 208 Å². The van der Waals surface area contributed by atoms with Gasteiger partial charge >= 0.3 is 0 Å². The maximum Gasteiger partial charge on any atom is 0.255 e. The predicted octanol–water partition coefficient (Wildman–Crippen LogP) is 4.30. The first-order valence-electron chi connectivity index (χ1n) is 11.7. The molecule has 9 heteroatoms. The zero-order valence-electron chi connectivity index (χ0n) is 19.5. The molecule has 3 aromatic carbocycles. The molecule has 3 amide bonds. The Morgan fingerprint density at radius 3 is 2.56 bits per heavy atom. The van der Waals surface area contributed by atoms with E-state index in [1.165, 1.54) is 4.90 Å². The molecule has 36 heavy (non-hydrogen) atoms. The number of rotatable bonds is 8. The van der Waals surface area contributed by atoms with Crippen LogP contribution in [0.2, 0.25) is 0 Å². The molecule has 182 valence electrons. The monoisotopic (exact) mass is 483 g/mol. The minimum atomic E-state index is -0.654. The maximum absolute atomic E-state index is 13.0. The quantitative estimate of drug-likeness (QED) is 0.326. The number of carbonyl (C=O) groups is 3. The average Bonchev–Trinajstić information content (AvgIpc) is 3.23. The summed E-state index contributed by atoms with van der Waals surface area (Å²) in [5.74, 6) is -0.347. The number of anilines is 1. The molecule has 1 atom stereocenters. The van der Waals surface area contributed by atoms with Gasteiger partial charge in [0.05, 0.1) is 12.2 Å². The van der Waals surface area contributed by atoms with Crippen molar-refractivity contribution in [2.24, 2.45) is 5.11 Å². The van der Waals surface area contributed by atoms with Gasteiger partial charge in [-0.15, -0.1) is 0 Å². The third-order valence-corrected chi connectivity index (χ3v) is 6.46. The first-order valence-corrected chi connectivity index (χ1v) is 11.7. The second-order valence-electron chi connectivity index (χ2n) is 8.77. The van der Waals surface area contributed by atoms with Gasteiger partial charge in [0.25, 0.3) is 5.91 Å². The third-order valence-electron chi connectivity index (χ3n) is 6.46. The fraction of sp³-hybridized carbons (Fsp3) is 0.222. The summed E-state index contributed by atoms with van der Waals surface area (Å²) in [6.45, 7) is 1.20. The molecule has 2 heterocycles. The fourth-order valence-electron chi connectivity index (χ4n) is 4.52. The summed E-state index contributed by atoms with van der Waals surface area (Å²) >= 11 is 0. The van der Waals surface area contributed by atoms with E-state index >= 15 is 0 Å². The number of benzene rings is 3. The molecule has 0 aromatic heterocycles. The van der Waals surface area contributed by atoms with Gasteiger partial charge in [-0.1, -0.05) is 42.5 Å². The Kier molecular flexibility index (Phi) is 6.44. The Morgan fingerprint density at radius 2 is 1.78 bits per heavy atom. The van der Waals surface area contributed by atoms with Gasteiger partial charge in [-0.25, -0.2) is 5.53 Å². The van der Waals surface area contributed by atoms with E-state index in [2.05, 4.69) is 15.7 Å². The Balaban J connectivity index is 1.22. The Bertz CT molecular complexity index is 1340. The molecule has 2 aliphatic heterocycles. The number of carbonyl (C=O) groups excluding carboxylic acids is 3. The molecule has 9 nitrogen and oxygen atoms in total. The summed E-state index contributed by atoms with van der Waals surface area (Å²) in [6, 6.07) is 20.1. The number of nitrogens with zero attached hydrogens (tertiary/aromatic N) is 2. The molecule has 0 bridgehead atoms.